The van der Waals surface area contributed by atoms with E-state index in [0.29, 0.717) is 54.7 Å². The summed E-state index contributed by atoms with van der Waals surface area (Å²) >= 11 is 0. The number of fused-ring (bicyclic) bond motifs is 1. The summed E-state index contributed by atoms with van der Waals surface area (Å²) in [7, 11) is 1.62. The van der Waals surface area contributed by atoms with Gasteiger partial charge in [0.05, 0.1) is 24.2 Å². The number of nitrogen functional groups attached to an aromatic ring is 1. The fourth-order valence-corrected chi connectivity index (χ4v) is 6.62. The molecule has 1 aliphatic carbocycles. The predicted octanol–water partition coefficient (Wildman–Crippen LogP) is 7.07. The van der Waals surface area contributed by atoms with Gasteiger partial charge in [-0.3, -0.25) is 4.79 Å². The summed E-state index contributed by atoms with van der Waals surface area (Å²) in [6.07, 6.45) is -1.86. The Balaban J connectivity index is 1.29. The number of methoxy groups -OCH3 is 1. The Bertz CT molecular complexity index is 1660. The van der Waals surface area contributed by atoms with Crippen LogP contribution in [0.4, 0.5) is 29.5 Å². The minimum atomic E-state index is -4.52. The number of piperazine rings is 1. The number of alkyl halides is 3. The number of halogens is 3. The maximum absolute atomic E-state index is 13.5. The van der Waals surface area contributed by atoms with Crippen LogP contribution in [0.15, 0.2) is 30.3 Å². The number of amides is 2. The third-order valence-electron chi connectivity index (χ3n) is 9.08. The average Bonchev–Trinajstić information content (AvgIpc) is 3.02. The van der Waals surface area contributed by atoms with Gasteiger partial charge in [0.2, 0.25) is 5.91 Å². The number of carbonyl (C=O) groups excluding carboxylic acids is 2. The first-order chi connectivity index (χ1) is 22.5. The Morgan fingerprint density at radius 3 is 2.21 bits per heavy atom. The zero-order chi connectivity index (χ0) is 35.0. The molecule has 2 aliphatic rings. The van der Waals surface area contributed by atoms with Crippen molar-refractivity contribution in [1.82, 2.24) is 19.8 Å². The lowest BCUT2D eigenvalue weighted by Gasteiger charge is -2.38. The van der Waals surface area contributed by atoms with Crippen LogP contribution in [0, 0.1) is 12.8 Å². The number of benzene rings is 2. The van der Waals surface area contributed by atoms with Crippen molar-refractivity contribution in [3.8, 4) is 5.75 Å². The number of hydrogen-bond donors (Lipinski definition) is 2. The molecular weight excluding hydrogens is 625 g/mol. The number of aryl methyl sites for hydroxylation is 1. The van der Waals surface area contributed by atoms with Crippen molar-refractivity contribution >= 4 is 34.4 Å². The summed E-state index contributed by atoms with van der Waals surface area (Å²) in [4.78, 5) is 38.7. The third kappa shape index (κ3) is 8.04. The molecule has 2 heterocycles. The number of carbonyl (C=O) groups is 2. The molecular formula is C35H45F3N6O4. The molecule has 1 aromatic heterocycles. The third-order valence-corrected chi connectivity index (χ3v) is 9.08. The number of hydrogen-bond acceptors (Lipinski definition) is 8. The highest BCUT2D eigenvalue weighted by molar-refractivity contribution is 5.91. The van der Waals surface area contributed by atoms with Crippen LogP contribution in [0.1, 0.15) is 87.9 Å². The van der Waals surface area contributed by atoms with Gasteiger partial charge in [-0.15, -0.1) is 0 Å². The molecule has 10 nitrogen and oxygen atoms in total. The number of ether oxygens (including phenoxy) is 2. The molecule has 3 aromatic rings. The average molecular weight is 671 g/mol. The Morgan fingerprint density at radius 2 is 1.60 bits per heavy atom. The van der Waals surface area contributed by atoms with Crippen LogP contribution >= 0.6 is 0 Å². The fraction of sp³-hybridized carbons (Fsp3) is 0.543. The van der Waals surface area contributed by atoms with Crippen molar-refractivity contribution in [3.63, 3.8) is 0 Å². The highest BCUT2D eigenvalue weighted by Gasteiger charge is 2.35. The quantitative estimate of drug-likeness (QED) is 0.267. The van der Waals surface area contributed by atoms with Crippen LogP contribution in [0.2, 0.25) is 0 Å². The molecule has 5 rings (SSSR count). The van der Waals surface area contributed by atoms with E-state index in [9.17, 15) is 22.8 Å². The number of anilines is 2. The van der Waals surface area contributed by atoms with E-state index in [4.69, 9.17) is 15.2 Å². The van der Waals surface area contributed by atoms with Gasteiger partial charge in [-0.25, -0.2) is 14.8 Å². The van der Waals surface area contributed by atoms with Crippen LogP contribution in [0.5, 0.6) is 5.75 Å². The highest BCUT2D eigenvalue weighted by atomic mass is 19.4. The lowest BCUT2D eigenvalue weighted by atomic mass is 9.77. The molecule has 0 radical (unpaired) electrons. The zero-order valence-electron chi connectivity index (χ0n) is 28.4. The van der Waals surface area contributed by atoms with E-state index >= 15 is 0 Å². The molecule has 1 saturated carbocycles. The van der Waals surface area contributed by atoms with Gasteiger partial charge in [0.1, 0.15) is 23.0 Å². The minimum Gasteiger partial charge on any atom is -0.496 e. The molecule has 2 fully saturated rings. The summed E-state index contributed by atoms with van der Waals surface area (Å²) in [5.74, 6) is 1.86. The summed E-state index contributed by atoms with van der Waals surface area (Å²) in [5, 5.41) is 4.02. The van der Waals surface area contributed by atoms with Crippen LogP contribution in [-0.4, -0.2) is 70.7 Å². The van der Waals surface area contributed by atoms with Gasteiger partial charge in [-0.2, -0.15) is 13.2 Å². The molecule has 2 amide bonds. The number of nitrogens with one attached hydrogen (secondary N) is 1. The van der Waals surface area contributed by atoms with Crippen LogP contribution in [-0.2, 0) is 15.7 Å². The predicted molar refractivity (Wildman–Crippen MR) is 178 cm³/mol. The van der Waals surface area contributed by atoms with E-state index < -0.39 is 23.4 Å². The first kappa shape index (κ1) is 35.0. The normalized spacial score (nSPS) is 19.6. The standard InChI is InChI=1S/C35H45F3N6O4/c1-20(24-15-25(35(36,37)38)17-26(39)16-24)40-31-28-18-27(30(47-6)19-29(28)41-21(2)42-31)22-7-9-23(10-8-22)32(45)43-11-13-44(14-12-43)33(46)48-34(3,4)5/h15-20,22-23H,7-14,39H2,1-6H3,(H,40,41,42). The van der Waals surface area contributed by atoms with E-state index in [1.54, 1.807) is 25.9 Å². The molecule has 0 bridgehead atoms. The topological polar surface area (TPSA) is 123 Å². The van der Waals surface area contributed by atoms with Gasteiger partial charge in [0.25, 0.3) is 0 Å². The van der Waals surface area contributed by atoms with Gasteiger partial charge in [0, 0.05) is 49.2 Å². The van der Waals surface area contributed by atoms with Crippen molar-refractivity contribution in [2.75, 3.05) is 44.3 Å². The summed E-state index contributed by atoms with van der Waals surface area (Å²) in [5.41, 5.74) is 6.50. The van der Waals surface area contributed by atoms with Gasteiger partial charge < -0.3 is 30.3 Å². The van der Waals surface area contributed by atoms with Gasteiger partial charge in [-0.1, -0.05) is 0 Å². The second kappa shape index (κ2) is 13.7. The number of nitrogens with two attached hydrogens (primary N) is 1. The lowest BCUT2D eigenvalue weighted by Crippen LogP contribution is -2.53. The van der Waals surface area contributed by atoms with Gasteiger partial charge in [0.15, 0.2) is 0 Å². The minimum absolute atomic E-state index is 0.0290. The summed E-state index contributed by atoms with van der Waals surface area (Å²) in [6.45, 7) is 10.9. The Kier molecular flexibility index (Phi) is 9.98. The lowest BCUT2D eigenvalue weighted by molar-refractivity contribution is -0.138. The Labute approximate surface area is 279 Å². The first-order valence-electron chi connectivity index (χ1n) is 16.4. The Hall–Kier alpha value is -4.29. The molecule has 0 spiro atoms. The summed E-state index contributed by atoms with van der Waals surface area (Å²) < 4.78 is 51.8. The number of nitrogens with zero attached hydrogens (tertiary/aromatic N) is 4. The van der Waals surface area contributed by atoms with E-state index in [1.165, 1.54) is 6.07 Å². The van der Waals surface area contributed by atoms with Crippen molar-refractivity contribution < 1.29 is 32.2 Å². The van der Waals surface area contributed by atoms with Crippen molar-refractivity contribution in [2.24, 2.45) is 5.92 Å². The molecule has 1 atom stereocenters. The zero-order valence-corrected chi connectivity index (χ0v) is 28.4. The van der Waals surface area contributed by atoms with Gasteiger partial charge in [-0.05, 0) is 102 Å². The van der Waals surface area contributed by atoms with E-state index in [0.717, 1.165) is 48.8 Å². The van der Waals surface area contributed by atoms with Crippen LogP contribution < -0.4 is 15.8 Å². The monoisotopic (exact) mass is 670 g/mol. The van der Waals surface area contributed by atoms with Crippen molar-refractivity contribution in [1.29, 1.82) is 0 Å². The van der Waals surface area contributed by atoms with E-state index in [2.05, 4.69) is 15.3 Å². The molecule has 1 aliphatic heterocycles. The van der Waals surface area contributed by atoms with Crippen LogP contribution in [0.3, 0.4) is 0 Å². The van der Waals surface area contributed by atoms with Crippen molar-refractivity contribution in [3.05, 3.63) is 52.8 Å². The molecule has 13 heteroatoms. The van der Waals surface area contributed by atoms with Gasteiger partial charge >= 0.3 is 12.3 Å². The molecule has 1 saturated heterocycles. The maximum atomic E-state index is 13.5. The summed E-state index contributed by atoms with van der Waals surface area (Å²) in [6, 6.07) is 6.89. The SMILES string of the molecule is COc1cc2nc(C)nc(NC(C)c3cc(N)cc(C(F)(F)F)c3)c2cc1C1CCC(C(=O)N2CCN(C(=O)OC(C)(C)C)CC2)CC1. The molecule has 48 heavy (non-hydrogen) atoms. The van der Waals surface area contributed by atoms with E-state index in [1.807, 2.05) is 37.8 Å². The molecule has 260 valence electrons. The van der Waals surface area contributed by atoms with Crippen LogP contribution in [0.25, 0.3) is 10.9 Å². The highest BCUT2D eigenvalue weighted by Crippen LogP contribution is 2.43. The smallest absolute Gasteiger partial charge is 0.416 e. The number of rotatable bonds is 6. The Morgan fingerprint density at radius 1 is 0.958 bits per heavy atom. The maximum Gasteiger partial charge on any atom is 0.416 e. The second-order valence-corrected chi connectivity index (χ2v) is 13.8. The molecule has 3 N–H and O–H groups in total. The fourth-order valence-electron chi connectivity index (χ4n) is 6.62. The molecule has 1 unspecified atom stereocenters. The number of aromatic nitrogens is 2. The van der Waals surface area contributed by atoms with Crippen molar-refractivity contribution in [2.45, 2.75) is 84.0 Å². The first-order valence-corrected chi connectivity index (χ1v) is 16.4. The molecule has 2 aromatic carbocycles. The largest absolute Gasteiger partial charge is 0.496 e. The van der Waals surface area contributed by atoms with E-state index in [-0.39, 0.29) is 29.5 Å². The second-order valence-electron chi connectivity index (χ2n) is 13.8.